The summed E-state index contributed by atoms with van der Waals surface area (Å²) in [7, 11) is 0. The van der Waals surface area contributed by atoms with Gasteiger partial charge >= 0.3 is 6.03 Å². The van der Waals surface area contributed by atoms with Crippen LogP contribution < -0.4 is 0 Å². The van der Waals surface area contributed by atoms with Crippen molar-refractivity contribution in [3.63, 3.8) is 0 Å². The maximum Gasteiger partial charge on any atom is 0.320 e. The quantitative estimate of drug-likeness (QED) is 0.889. The van der Waals surface area contributed by atoms with Gasteiger partial charge < -0.3 is 9.80 Å². The molecule has 6 rings (SSSR count). The molecule has 146 valence electrons. The van der Waals surface area contributed by atoms with Gasteiger partial charge in [-0.25, -0.2) is 14.2 Å². The van der Waals surface area contributed by atoms with Crippen molar-refractivity contribution in [2.24, 2.45) is 17.8 Å². The number of nitrogens with zero attached hydrogens (tertiary/aromatic N) is 4. The molecule has 0 spiro atoms. The van der Waals surface area contributed by atoms with Gasteiger partial charge in [-0.3, -0.25) is 5.10 Å². The van der Waals surface area contributed by atoms with E-state index < -0.39 is 0 Å². The number of hydrogen-bond acceptors (Lipinski definition) is 3. The first kappa shape index (κ1) is 16.5. The van der Waals surface area contributed by atoms with Crippen molar-refractivity contribution in [1.82, 2.24) is 25.0 Å². The van der Waals surface area contributed by atoms with Crippen LogP contribution in [0.25, 0.3) is 0 Å². The van der Waals surface area contributed by atoms with E-state index in [-0.39, 0.29) is 17.8 Å². The number of benzene rings is 1. The number of amides is 2. The van der Waals surface area contributed by atoms with E-state index in [1.165, 1.54) is 24.7 Å². The minimum absolute atomic E-state index is 0.158. The molecule has 4 atom stereocenters. The highest BCUT2D eigenvalue weighted by atomic mass is 19.1. The van der Waals surface area contributed by atoms with Gasteiger partial charge in [0.25, 0.3) is 0 Å². The van der Waals surface area contributed by atoms with Gasteiger partial charge in [0.15, 0.2) is 0 Å². The number of H-pyrrole nitrogens is 1. The van der Waals surface area contributed by atoms with Crippen LogP contribution in [0, 0.1) is 23.6 Å². The molecular formula is C21H24FN5O. The smallest absolute Gasteiger partial charge is 0.320 e. The molecule has 7 heteroatoms. The monoisotopic (exact) mass is 381 g/mol. The Bertz CT molecular complexity index is 894. The summed E-state index contributed by atoms with van der Waals surface area (Å²) >= 11 is 0. The Morgan fingerprint density at radius 1 is 1.14 bits per heavy atom. The number of urea groups is 1. The van der Waals surface area contributed by atoms with Crippen LogP contribution in [-0.2, 0) is 5.41 Å². The first-order valence-corrected chi connectivity index (χ1v) is 10.3. The first-order chi connectivity index (χ1) is 13.6. The Hall–Kier alpha value is -2.44. The maximum atomic E-state index is 13.2. The molecular weight excluding hydrogens is 357 g/mol. The standard InChI is InChI=1S/C21H24FN5O/c22-16-3-1-15(2-4-16)21-7-17(18(21)8-21)14-10-27(11-14)20(28)26-6-5-13(9-26)19-23-12-24-25-19/h1-4,12-14,17-18H,5-11H2,(H,23,24,25)/t13-,17?,18?,21?/m0/s1. The summed E-state index contributed by atoms with van der Waals surface area (Å²) < 4.78 is 13.2. The molecule has 3 unspecified atom stereocenters. The molecule has 2 saturated heterocycles. The van der Waals surface area contributed by atoms with E-state index in [0.717, 1.165) is 50.3 Å². The Morgan fingerprint density at radius 3 is 2.68 bits per heavy atom. The van der Waals surface area contributed by atoms with Crippen molar-refractivity contribution in [2.75, 3.05) is 26.2 Å². The lowest BCUT2D eigenvalue weighted by atomic mass is 9.64. The predicted molar refractivity (Wildman–Crippen MR) is 100 cm³/mol. The van der Waals surface area contributed by atoms with Crippen LogP contribution in [0.4, 0.5) is 9.18 Å². The number of fused-ring (bicyclic) bond motifs is 1. The van der Waals surface area contributed by atoms with Crippen molar-refractivity contribution in [2.45, 2.75) is 30.6 Å². The van der Waals surface area contributed by atoms with Gasteiger partial charge in [-0.1, -0.05) is 12.1 Å². The summed E-state index contributed by atoms with van der Waals surface area (Å²) in [5.41, 5.74) is 1.63. The van der Waals surface area contributed by atoms with E-state index in [1.54, 1.807) is 12.1 Å². The number of aromatic nitrogens is 3. The molecule has 4 aliphatic rings. The van der Waals surface area contributed by atoms with Gasteiger partial charge in [0.05, 0.1) is 0 Å². The lowest BCUT2D eigenvalue weighted by molar-refractivity contribution is 0.0265. The average Bonchev–Trinajstić information content (AvgIpc) is 3.12. The SMILES string of the molecule is O=C(N1CC(C2CC3(c4ccc(F)cc4)CC23)C1)N1CC[C@H](c2ncn[nH]2)C1. The summed E-state index contributed by atoms with van der Waals surface area (Å²) in [5, 5.41) is 6.85. The fourth-order valence-corrected chi connectivity index (χ4v) is 5.97. The third kappa shape index (κ3) is 2.34. The second-order valence-electron chi connectivity index (χ2n) is 9.09. The number of aromatic amines is 1. The van der Waals surface area contributed by atoms with Crippen molar-refractivity contribution < 1.29 is 9.18 Å². The molecule has 1 aromatic carbocycles. The largest absolute Gasteiger partial charge is 0.324 e. The molecule has 1 aromatic heterocycles. The molecule has 2 aromatic rings. The number of carbonyl (C=O) groups is 1. The van der Waals surface area contributed by atoms with Crippen molar-refractivity contribution in [1.29, 1.82) is 0 Å². The topological polar surface area (TPSA) is 65.1 Å². The first-order valence-electron chi connectivity index (χ1n) is 10.3. The van der Waals surface area contributed by atoms with Gasteiger partial charge in [-0.2, -0.15) is 5.10 Å². The zero-order chi connectivity index (χ0) is 18.9. The second-order valence-corrected chi connectivity index (χ2v) is 9.09. The fourth-order valence-electron chi connectivity index (χ4n) is 5.97. The lowest BCUT2D eigenvalue weighted by Crippen LogP contribution is -2.58. The van der Waals surface area contributed by atoms with E-state index in [1.807, 2.05) is 21.9 Å². The molecule has 2 amide bonds. The van der Waals surface area contributed by atoms with E-state index in [2.05, 4.69) is 15.2 Å². The van der Waals surface area contributed by atoms with Crippen LogP contribution in [0.5, 0.6) is 0 Å². The molecule has 4 fully saturated rings. The zero-order valence-electron chi connectivity index (χ0n) is 15.7. The number of likely N-dealkylation sites (tertiary alicyclic amines) is 2. The van der Waals surface area contributed by atoms with E-state index >= 15 is 0 Å². The molecule has 2 saturated carbocycles. The van der Waals surface area contributed by atoms with Gasteiger partial charge in [0.1, 0.15) is 18.0 Å². The minimum atomic E-state index is -0.158. The van der Waals surface area contributed by atoms with Crippen LogP contribution in [-0.4, -0.2) is 57.2 Å². The minimum Gasteiger partial charge on any atom is -0.324 e. The normalized spacial score (nSPS) is 34.0. The lowest BCUT2D eigenvalue weighted by Gasteiger charge is -2.49. The molecule has 6 nitrogen and oxygen atoms in total. The summed E-state index contributed by atoms with van der Waals surface area (Å²) in [6.45, 7) is 3.31. The zero-order valence-corrected chi connectivity index (χ0v) is 15.7. The Labute approximate surface area is 163 Å². The third-order valence-electron chi connectivity index (χ3n) is 7.73. The Morgan fingerprint density at radius 2 is 1.96 bits per heavy atom. The van der Waals surface area contributed by atoms with Crippen LogP contribution in [0.3, 0.4) is 0 Å². The summed E-state index contributed by atoms with van der Waals surface area (Å²) in [6.07, 6.45) is 4.91. The van der Waals surface area contributed by atoms with Gasteiger partial charge in [-0.05, 0) is 60.1 Å². The molecule has 0 radical (unpaired) electrons. The van der Waals surface area contributed by atoms with Gasteiger partial charge in [-0.15, -0.1) is 0 Å². The number of carbonyl (C=O) groups excluding carboxylic acids is 1. The van der Waals surface area contributed by atoms with E-state index in [0.29, 0.717) is 11.3 Å². The fraction of sp³-hybridized carbons (Fsp3) is 0.571. The molecule has 1 N–H and O–H groups in total. The van der Waals surface area contributed by atoms with E-state index in [4.69, 9.17) is 0 Å². The summed E-state index contributed by atoms with van der Waals surface area (Å²) in [6, 6.07) is 7.26. The summed E-state index contributed by atoms with van der Waals surface area (Å²) in [5.74, 6) is 3.11. The van der Waals surface area contributed by atoms with Crippen LogP contribution in [0.15, 0.2) is 30.6 Å². The second kappa shape index (κ2) is 5.78. The molecule has 2 aliphatic carbocycles. The highest BCUT2D eigenvalue weighted by Gasteiger charge is 2.69. The maximum absolute atomic E-state index is 13.2. The average molecular weight is 381 g/mol. The number of hydrogen-bond donors (Lipinski definition) is 1. The van der Waals surface area contributed by atoms with Crippen molar-refractivity contribution in [3.8, 4) is 0 Å². The Balaban J connectivity index is 1.02. The highest BCUT2D eigenvalue weighted by Crippen LogP contribution is 2.73. The van der Waals surface area contributed by atoms with E-state index in [9.17, 15) is 9.18 Å². The summed E-state index contributed by atoms with van der Waals surface area (Å²) in [4.78, 5) is 21.0. The van der Waals surface area contributed by atoms with Crippen molar-refractivity contribution >= 4 is 6.03 Å². The van der Waals surface area contributed by atoms with Crippen molar-refractivity contribution in [3.05, 3.63) is 47.8 Å². The van der Waals surface area contributed by atoms with Crippen LogP contribution in [0.1, 0.15) is 36.6 Å². The predicted octanol–water partition coefficient (Wildman–Crippen LogP) is 2.76. The number of halogens is 1. The number of rotatable bonds is 3. The highest BCUT2D eigenvalue weighted by molar-refractivity contribution is 5.75. The third-order valence-corrected chi connectivity index (χ3v) is 7.73. The van der Waals surface area contributed by atoms with Crippen LogP contribution in [0.2, 0.25) is 0 Å². The van der Waals surface area contributed by atoms with Gasteiger partial charge in [0.2, 0.25) is 0 Å². The Kier molecular flexibility index (Phi) is 3.41. The van der Waals surface area contributed by atoms with Gasteiger partial charge in [0, 0.05) is 32.1 Å². The molecule has 0 bridgehead atoms. The van der Waals surface area contributed by atoms with Crippen LogP contribution >= 0.6 is 0 Å². The number of nitrogens with one attached hydrogen (secondary N) is 1. The molecule has 2 aliphatic heterocycles. The molecule has 3 heterocycles. The molecule has 28 heavy (non-hydrogen) atoms.